The molecule has 0 fully saturated rings. The molecule has 76 valence electrons. The molecule has 0 aliphatic rings. The molecular formula is C10H8BrN3S. The number of pyridine rings is 1. The van der Waals surface area contributed by atoms with Crippen LogP contribution in [0, 0.1) is 6.92 Å². The molecule has 5 heteroatoms. The molecule has 0 bridgehead atoms. The van der Waals surface area contributed by atoms with Gasteiger partial charge >= 0.3 is 0 Å². The Morgan fingerprint density at radius 3 is 2.60 bits per heavy atom. The first-order chi connectivity index (χ1) is 7.25. The quantitative estimate of drug-likeness (QED) is 0.793. The van der Waals surface area contributed by atoms with Crippen molar-refractivity contribution in [2.45, 2.75) is 17.1 Å². The summed E-state index contributed by atoms with van der Waals surface area (Å²) < 4.78 is 0.958. The van der Waals surface area contributed by atoms with Gasteiger partial charge in [-0.1, -0.05) is 0 Å². The van der Waals surface area contributed by atoms with E-state index < -0.39 is 0 Å². The smallest absolute Gasteiger partial charge is 0.193 e. The molecule has 2 aromatic heterocycles. The van der Waals surface area contributed by atoms with Crippen molar-refractivity contribution in [1.82, 2.24) is 15.0 Å². The average Bonchev–Trinajstić information content (AvgIpc) is 2.25. The van der Waals surface area contributed by atoms with E-state index in [1.165, 1.54) is 11.8 Å². The highest BCUT2D eigenvalue weighted by molar-refractivity contribution is 9.10. The normalized spacial score (nSPS) is 10.3. The Morgan fingerprint density at radius 1 is 1.20 bits per heavy atom. The van der Waals surface area contributed by atoms with E-state index >= 15 is 0 Å². The second-order valence-corrected chi connectivity index (χ2v) is 4.75. The van der Waals surface area contributed by atoms with Crippen LogP contribution in [0.15, 0.2) is 45.4 Å². The number of halogens is 1. The lowest BCUT2D eigenvalue weighted by Crippen LogP contribution is -1.88. The van der Waals surface area contributed by atoms with Crippen molar-refractivity contribution >= 4 is 27.7 Å². The number of hydrogen-bond donors (Lipinski definition) is 0. The zero-order valence-electron chi connectivity index (χ0n) is 8.01. The summed E-state index contributed by atoms with van der Waals surface area (Å²) in [6, 6.07) is 3.83. The van der Waals surface area contributed by atoms with Crippen LogP contribution in [-0.4, -0.2) is 15.0 Å². The van der Waals surface area contributed by atoms with Crippen LogP contribution in [0.3, 0.4) is 0 Å². The van der Waals surface area contributed by atoms with Gasteiger partial charge in [-0.15, -0.1) is 0 Å². The van der Waals surface area contributed by atoms with Gasteiger partial charge in [0.15, 0.2) is 5.16 Å². The minimum atomic E-state index is 0.708. The van der Waals surface area contributed by atoms with E-state index in [0.29, 0.717) is 5.16 Å². The first kappa shape index (κ1) is 10.6. The standard InChI is InChI=1S/C10H8BrN3S/c1-7-5-13-10(14-6-7)15-9-8(11)3-2-4-12-9/h2-6H,1H3. The van der Waals surface area contributed by atoms with E-state index in [9.17, 15) is 0 Å². The van der Waals surface area contributed by atoms with Crippen LogP contribution in [0.1, 0.15) is 5.56 Å². The maximum Gasteiger partial charge on any atom is 0.193 e. The maximum atomic E-state index is 4.23. The maximum absolute atomic E-state index is 4.23. The molecule has 0 spiro atoms. The Balaban J connectivity index is 2.22. The minimum Gasteiger partial charge on any atom is -0.248 e. The van der Waals surface area contributed by atoms with Crippen LogP contribution in [0.4, 0.5) is 0 Å². The molecule has 2 rings (SSSR count). The zero-order valence-corrected chi connectivity index (χ0v) is 10.4. The lowest BCUT2D eigenvalue weighted by molar-refractivity contribution is 0.943. The van der Waals surface area contributed by atoms with E-state index in [0.717, 1.165) is 15.1 Å². The summed E-state index contributed by atoms with van der Waals surface area (Å²) in [5, 5.41) is 1.58. The van der Waals surface area contributed by atoms with Gasteiger partial charge in [0, 0.05) is 18.6 Å². The van der Waals surface area contributed by atoms with Crippen molar-refractivity contribution in [3.63, 3.8) is 0 Å². The SMILES string of the molecule is Cc1cnc(Sc2ncccc2Br)nc1. The van der Waals surface area contributed by atoms with Crippen LogP contribution in [0.5, 0.6) is 0 Å². The first-order valence-electron chi connectivity index (χ1n) is 4.33. The summed E-state index contributed by atoms with van der Waals surface area (Å²) >= 11 is 4.87. The van der Waals surface area contributed by atoms with Crippen molar-refractivity contribution in [1.29, 1.82) is 0 Å². The van der Waals surface area contributed by atoms with Crippen molar-refractivity contribution in [3.05, 3.63) is 40.8 Å². The molecule has 0 radical (unpaired) electrons. The van der Waals surface area contributed by atoms with Crippen LogP contribution in [0.25, 0.3) is 0 Å². The van der Waals surface area contributed by atoms with Gasteiger partial charge in [-0.05, 0) is 52.3 Å². The Labute approximate surface area is 101 Å². The Morgan fingerprint density at radius 2 is 1.93 bits per heavy atom. The molecule has 0 saturated carbocycles. The highest BCUT2D eigenvalue weighted by atomic mass is 79.9. The van der Waals surface area contributed by atoms with Gasteiger partial charge in [0.1, 0.15) is 5.03 Å². The Bertz CT molecular complexity index is 458. The third-order valence-electron chi connectivity index (χ3n) is 1.67. The fraction of sp³-hybridized carbons (Fsp3) is 0.100. The van der Waals surface area contributed by atoms with Gasteiger partial charge in [0.2, 0.25) is 0 Å². The van der Waals surface area contributed by atoms with Crippen LogP contribution in [-0.2, 0) is 0 Å². The van der Waals surface area contributed by atoms with E-state index in [1.54, 1.807) is 18.6 Å². The van der Waals surface area contributed by atoms with E-state index in [-0.39, 0.29) is 0 Å². The molecule has 0 N–H and O–H groups in total. The molecule has 2 aromatic rings. The monoisotopic (exact) mass is 281 g/mol. The molecule has 0 amide bonds. The number of aryl methyl sites for hydroxylation is 1. The summed E-state index contributed by atoms with van der Waals surface area (Å²) in [5.74, 6) is 0. The van der Waals surface area contributed by atoms with Crippen molar-refractivity contribution in [2.24, 2.45) is 0 Å². The highest BCUT2D eigenvalue weighted by Gasteiger charge is 2.04. The summed E-state index contributed by atoms with van der Waals surface area (Å²) in [4.78, 5) is 12.6. The fourth-order valence-electron chi connectivity index (χ4n) is 0.966. The average molecular weight is 282 g/mol. The van der Waals surface area contributed by atoms with Gasteiger partial charge in [-0.2, -0.15) is 0 Å². The van der Waals surface area contributed by atoms with Gasteiger partial charge in [0.05, 0.1) is 4.47 Å². The minimum absolute atomic E-state index is 0.708. The molecule has 3 nitrogen and oxygen atoms in total. The summed E-state index contributed by atoms with van der Waals surface area (Å²) in [7, 11) is 0. The number of nitrogens with zero attached hydrogens (tertiary/aromatic N) is 3. The number of aromatic nitrogens is 3. The second-order valence-electron chi connectivity index (χ2n) is 2.94. The van der Waals surface area contributed by atoms with Gasteiger partial charge in [-0.3, -0.25) is 0 Å². The molecular weight excluding hydrogens is 274 g/mol. The second kappa shape index (κ2) is 4.72. The molecule has 15 heavy (non-hydrogen) atoms. The Hall–Kier alpha value is -0.940. The Kier molecular flexibility index (Phi) is 3.33. The fourth-order valence-corrected chi connectivity index (χ4v) is 2.13. The highest BCUT2D eigenvalue weighted by Crippen LogP contribution is 2.28. The molecule has 0 aliphatic heterocycles. The van der Waals surface area contributed by atoms with Crippen molar-refractivity contribution in [3.8, 4) is 0 Å². The topological polar surface area (TPSA) is 38.7 Å². The van der Waals surface area contributed by atoms with Crippen LogP contribution in [0.2, 0.25) is 0 Å². The van der Waals surface area contributed by atoms with Crippen molar-refractivity contribution < 1.29 is 0 Å². The first-order valence-corrected chi connectivity index (χ1v) is 5.93. The van der Waals surface area contributed by atoms with Crippen molar-refractivity contribution in [2.75, 3.05) is 0 Å². The summed E-state index contributed by atoms with van der Waals surface area (Å²) in [5.41, 5.74) is 1.06. The van der Waals surface area contributed by atoms with E-state index in [1.807, 2.05) is 19.1 Å². The molecule has 0 atom stereocenters. The lowest BCUT2D eigenvalue weighted by atomic mass is 10.4. The van der Waals surface area contributed by atoms with E-state index in [4.69, 9.17) is 0 Å². The van der Waals surface area contributed by atoms with Gasteiger partial charge < -0.3 is 0 Å². The molecule has 2 heterocycles. The predicted octanol–water partition coefficient (Wildman–Crippen LogP) is 3.09. The zero-order chi connectivity index (χ0) is 10.7. The van der Waals surface area contributed by atoms with Crippen LogP contribution >= 0.6 is 27.7 Å². The molecule has 0 aromatic carbocycles. The number of rotatable bonds is 2. The van der Waals surface area contributed by atoms with Crippen LogP contribution < -0.4 is 0 Å². The largest absolute Gasteiger partial charge is 0.248 e. The van der Waals surface area contributed by atoms with Gasteiger partial charge in [0.25, 0.3) is 0 Å². The summed E-state index contributed by atoms with van der Waals surface area (Å²) in [6.07, 6.45) is 5.35. The lowest BCUT2D eigenvalue weighted by Gasteiger charge is -2.00. The molecule has 0 saturated heterocycles. The third-order valence-corrected chi connectivity index (χ3v) is 3.48. The molecule has 0 unspecified atom stereocenters. The predicted molar refractivity (Wildman–Crippen MR) is 62.8 cm³/mol. The summed E-state index contributed by atoms with van der Waals surface area (Å²) in [6.45, 7) is 1.96. The van der Waals surface area contributed by atoms with E-state index in [2.05, 4.69) is 30.9 Å². The number of hydrogen-bond acceptors (Lipinski definition) is 4. The molecule has 0 aliphatic carbocycles. The van der Waals surface area contributed by atoms with Gasteiger partial charge in [-0.25, -0.2) is 15.0 Å². The third kappa shape index (κ3) is 2.76.